The van der Waals surface area contributed by atoms with Crippen molar-refractivity contribution in [2.24, 2.45) is 5.92 Å². The van der Waals surface area contributed by atoms with Gasteiger partial charge in [0.25, 0.3) is 0 Å². The molecule has 1 unspecified atom stereocenters. The van der Waals surface area contributed by atoms with Crippen LogP contribution in [0.25, 0.3) is 5.69 Å². The van der Waals surface area contributed by atoms with Crippen LogP contribution < -0.4 is 5.32 Å². The predicted octanol–water partition coefficient (Wildman–Crippen LogP) is 3.33. The fraction of sp³-hybridized carbons (Fsp3) is 0.346. The average Bonchev–Trinajstić information content (AvgIpc) is 3.51. The molecule has 32 heavy (non-hydrogen) atoms. The van der Waals surface area contributed by atoms with Gasteiger partial charge in [-0.3, -0.25) is 9.59 Å². The molecule has 1 aromatic heterocycles. The molecule has 1 saturated heterocycles. The molecule has 6 nitrogen and oxygen atoms in total. The van der Waals surface area contributed by atoms with Gasteiger partial charge in [-0.25, -0.2) is 4.68 Å². The van der Waals surface area contributed by atoms with Crippen LogP contribution in [0.2, 0.25) is 0 Å². The van der Waals surface area contributed by atoms with E-state index in [0.717, 1.165) is 36.2 Å². The van der Waals surface area contributed by atoms with Crippen molar-refractivity contribution >= 4 is 11.8 Å². The highest BCUT2D eigenvalue weighted by Gasteiger charge is 2.34. The summed E-state index contributed by atoms with van der Waals surface area (Å²) in [5, 5.41) is 7.87. The summed E-state index contributed by atoms with van der Waals surface area (Å²) in [6.45, 7) is 3.47. The second kappa shape index (κ2) is 8.61. The van der Waals surface area contributed by atoms with E-state index in [4.69, 9.17) is 5.10 Å². The Morgan fingerprint density at radius 2 is 1.88 bits per heavy atom. The molecule has 2 heterocycles. The Bertz CT molecular complexity index is 1130. The van der Waals surface area contributed by atoms with Gasteiger partial charge in [-0.1, -0.05) is 48.0 Å². The summed E-state index contributed by atoms with van der Waals surface area (Å²) in [7, 11) is 0. The molecule has 5 rings (SSSR count). The predicted molar refractivity (Wildman–Crippen MR) is 122 cm³/mol. The first-order valence-corrected chi connectivity index (χ1v) is 11.3. The van der Waals surface area contributed by atoms with E-state index in [1.807, 2.05) is 54.1 Å². The number of carbonyl (C=O) groups excluding carboxylic acids is 2. The number of benzene rings is 2. The lowest BCUT2D eigenvalue weighted by molar-refractivity contribution is -0.129. The highest BCUT2D eigenvalue weighted by Crippen LogP contribution is 2.28. The topological polar surface area (TPSA) is 67.2 Å². The Kier molecular flexibility index (Phi) is 5.52. The number of likely N-dealkylation sites (tertiary alicyclic amines) is 1. The third-order valence-electron chi connectivity index (χ3n) is 6.52. The van der Waals surface area contributed by atoms with E-state index in [1.54, 1.807) is 4.90 Å². The highest BCUT2D eigenvalue weighted by molar-refractivity contribution is 5.89. The molecule has 2 amide bonds. The lowest BCUT2D eigenvalue weighted by atomic mass is 10.1. The molecule has 1 N–H and O–H groups in total. The van der Waals surface area contributed by atoms with Crippen molar-refractivity contribution in [3.05, 3.63) is 82.7 Å². The smallest absolute Gasteiger partial charge is 0.225 e. The Hall–Kier alpha value is -3.41. The van der Waals surface area contributed by atoms with Crippen molar-refractivity contribution in [2.75, 3.05) is 6.54 Å². The van der Waals surface area contributed by atoms with Gasteiger partial charge in [0.1, 0.15) is 0 Å². The molecular formula is C26H28N4O2. The molecule has 2 aromatic carbocycles. The molecule has 0 spiro atoms. The van der Waals surface area contributed by atoms with Crippen LogP contribution in [0.15, 0.2) is 54.6 Å². The minimum Gasteiger partial charge on any atom is -0.350 e. The van der Waals surface area contributed by atoms with Gasteiger partial charge in [0.15, 0.2) is 0 Å². The van der Waals surface area contributed by atoms with Gasteiger partial charge >= 0.3 is 0 Å². The molecular weight excluding hydrogens is 400 g/mol. The number of rotatable bonds is 6. The molecule has 0 saturated carbocycles. The van der Waals surface area contributed by atoms with Crippen molar-refractivity contribution in [1.82, 2.24) is 20.0 Å². The number of para-hydroxylation sites is 1. The van der Waals surface area contributed by atoms with Crippen molar-refractivity contribution in [3.63, 3.8) is 0 Å². The van der Waals surface area contributed by atoms with Crippen LogP contribution in [0.3, 0.4) is 0 Å². The summed E-state index contributed by atoms with van der Waals surface area (Å²) in [6, 6.07) is 18.3. The highest BCUT2D eigenvalue weighted by atomic mass is 16.2. The molecule has 1 atom stereocenters. The fourth-order valence-electron chi connectivity index (χ4n) is 4.77. The van der Waals surface area contributed by atoms with Crippen LogP contribution in [0.4, 0.5) is 0 Å². The average molecular weight is 429 g/mol. The van der Waals surface area contributed by atoms with E-state index >= 15 is 0 Å². The van der Waals surface area contributed by atoms with Gasteiger partial charge in [0, 0.05) is 25.2 Å². The number of aromatic nitrogens is 2. The molecule has 1 fully saturated rings. The minimum absolute atomic E-state index is 0.0416. The minimum atomic E-state index is -0.308. The molecule has 0 bridgehead atoms. The Labute approximate surface area is 188 Å². The third kappa shape index (κ3) is 4.05. The number of nitrogens with one attached hydrogen (secondary N) is 1. The van der Waals surface area contributed by atoms with Crippen LogP contribution in [0.1, 0.15) is 40.9 Å². The maximum absolute atomic E-state index is 12.9. The zero-order valence-corrected chi connectivity index (χ0v) is 18.4. The molecule has 1 aliphatic carbocycles. The number of amides is 2. The van der Waals surface area contributed by atoms with Crippen LogP contribution in [-0.4, -0.2) is 33.0 Å². The maximum atomic E-state index is 12.9. The Morgan fingerprint density at radius 3 is 2.66 bits per heavy atom. The maximum Gasteiger partial charge on any atom is 0.225 e. The van der Waals surface area contributed by atoms with Crippen LogP contribution in [-0.2, 0) is 35.5 Å². The summed E-state index contributed by atoms with van der Waals surface area (Å²) in [6.07, 6.45) is 3.40. The van der Waals surface area contributed by atoms with Gasteiger partial charge in [0.05, 0.1) is 23.8 Å². The Morgan fingerprint density at radius 1 is 1.09 bits per heavy atom. The lowest BCUT2D eigenvalue weighted by Gasteiger charge is -2.17. The van der Waals surface area contributed by atoms with E-state index in [1.165, 1.54) is 16.8 Å². The first-order valence-electron chi connectivity index (χ1n) is 11.3. The number of hydrogen-bond donors (Lipinski definition) is 1. The van der Waals surface area contributed by atoms with Gasteiger partial charge < -0.3 is 10.2 Å². The normalized spacial score (nSPS) is 17.6. The van der Waals surface area contributed by atoms with Crippen LogP contribution >= 0.6 is 0 Å². The number of fused-ring (bicyclic) bond motifs is 1. The van der Waals surface area contributed by atoms with Crippen LogP contribution in [0, 0.1) is 12.8 Å². The summed E-state index contributed by atoms with van der Waals surface area (Å²) in [4.78, 5) is 27.1. The number of carbonyl (C=O) groups is 2. The van der Waals surface area contributed by atoms with E-state index in [0.29, 0.717) is 19.6 Å². The van der Waals surface area contributed by atoms with Gasteiger partial charge in [-0.05, 0) is 49.4 Å². The van der Waals surface area contributed by atoms with E-state index in [9.17, 15) is 9.59 Å². The molecule has 6 heteroatoms. The van der Waals surface area contributed by atoms with Gasteiger partial charge in [0.2, 0.25) is 11.8 Å². The molecule has 0 radical (unpaired) electrons. The van der Waals surface area contributed by atoms with Gasteiger partial charge in [-0.2, -0.15) is 5.10 Å². The second-order valence-electron chi connectivity index (χ2n) is 8.85. The van der Waals surface area contributed by atoms with Crippen molar-refractivity contribution in [1.29, 1.82) is 0 Å². The quantitative estimate of drug-likeness (QED) is 0.655. The van der Waals surface area contributed by atoms with Crippen molar-refractivity contribution in [2.45, 2.75) is 45.7 Å². The number of nitrogens with zero attached hydrogens (tertiary/aromatic N) is 3. The molecule has 2 aliphatic rings. The first kappa shape index (κ1) is 20.5. The standard InChI is InChI=1S/C26H28N4O2/c1-18-10-12-19(13-11-18)16-29-17-20(14-25(29)31)26(32)27-15-23-22-8-5-9-24(22)30(28-23)21-6-3-2-4-7-21/h2-4,6-7,10-13,20H,5,8-9,14-17H2,1H3,(H,27,32). The molecule has 1 aliphatic heterocycles. The SMILES string of the molecule is Cc1ccc(CN2CC(C(=O)NCc3nn(-c4ccccc4)c4c3CCC4)CC2=O)cc1. The van der Waals surface area contributed by atoms with Gasteiger partial charge in [-0.15, -0.1) is 0 Å². The number of hydrogen-bond acceptors (Lipinski definition) is 3. The summed E-state index contributed by atoms with van der Waals surface area (Å²) >= 11 is 0. The Balaban J connectivity index is 1.23. The summed E-state index contributed by atoms with van der Waals surface area (Å²) in [5.74, 6) is -0.331. The zero-order valence-electron chi connectivity index (χ0n) is 18.4. The third-order valence-corrected chi connectivity index (χ3v) is 6.52. The molecule has 164 valence electrons. The summed E-state index contributed by atoms with van der Waals surface area (Å²) in [5.41, 5.74) is 6.79. The fourth-order valence-corrected chi connectivity index (χ4v) is 4.77. The van der Waals surface area contributed by atoms with E-state index in [-0.39, 0.29) is 24.2 Å². The van der Waals surface area contributed by atoms with Crippen LogP contribution in [0.5, 0.6) is 0 Å². The largest absolute Gasteiger partial charge is 0.350 e. The van der Waals surface area contributed by atoms with E-state index < -0.39 is 0 Å². The lowest BCUT2D eigenvalue weighted by Crippen LogP contribution is -2.32. The summed E-state index contributed by atoms with van der Waals surface area (Å²) < 4.78 is 2.02. The monoisotopic (exact) mass is 428 g/mol. The first-order chi connectivity index (χ1) is 15.6. The number of aryl methyl sites for hydroxylation is 1. The van der Waals surface area contributed by atoms with Crippen molar-refractivity contribution in [3.8, 4) is 5.69 Å². The second-order valence-corrected chi connectivity index (χ2v) is 8.85. The van der Waals surface area contributed by atoms with Crippen molar-refractivity contribution < 1.29 is 9.59 Å². The zero-order chi connectivity index (χ0) is 22.1. The molecule has 3 aromatic rings. The van der Waals surface area contributed by atoms with E-state index in [2.05, 4.69) is 17.4 Å².